The molecule has 7 nitrogen and oxygen atoms in total. The van der Waals surface area contributed by atoms with Crippen LogP contribution in [-0.2, 0) is 4.74 Å². The Labute approximate surface area is 204 Å². The van der Waals surface area contributed by atoms with Crippen LogP contribution < -0.4 is 0 Å². The van der Waals surface area contributed by atoms with Crippen LogP contribution in [0.1, 0.15) is 41.4 Å². The Morgan fingerprint density at radius 2 is 2.09 bits per heavy atom. The largest absolute Gasteiger partial charge is 0.369 e. The van der Waals surface area contributed by atoms with Gasteiger partial charge in [-0.05, 0) is 43.5 Å². The lowest BCUT2D eigenvalue weighted by Crippen LogP contribution is -2.18. The fourth-order valence-corrected chi connectivity index (χ4v) is 4.73. The summed E-state index contributed by atoms with van der Waals surface area (Å²) >= 11 is 3.57. The monoisotopic (exact) mass is 523 g/mol. The Hall–Kier alpha value is -3.17. The molecule has 2 aromatic carbocycles. The van der Waals surface area contributed by atoms with Crippen molar-refractivity contribution in [2.75, 3.05) is 20.7 Å². The summed E-state index contributed by atoms with van der Waals surface area (Å²) in [5.74, 6) is -0.762. The summed E-state index contributed by atoms with van der Waals surface area (Å²) < 4.78 is 22.9. The predicted molar refractivity (Wildman–Crippen MR) is 133 cm³/mol. The number of pyridine rings is 1. The number of rotatable bonds is 5. The molecule has 4 aromatic rings. The number of nitrogens with zero attached hydrogens (tertiary/aromatic N) is 5. The maximum atomic E-state index is 14.7. The molecule has 0 bridgehead atoms. The van der Waals surface area contributed by atoms with Crippen molar-refractivity contribution in [2.24, 2.45) is 4.99 Å². The topological polar surface area (TPSA) is 72.6 Å². The van der Waals surface area contributed by atoms with E-state index < -0.39 is 5.82 Å². The normalized spacial score (nSPS) is 16.5. The van der Waals surface area contributed by atoms with E-state index in [4.69, 9.17) is 4.74 Å². The zero-order valence-corrected chi connectivity index (χ0v) is 20.4. The number of aliphatic imine (C=N–C) groups is 1. The van der Waals surface area contributed by atoms with E-state index in [0.29, 0.717) is 34.3 Å². The van der Waals surface area contributed by atoms with Gasteiger partial charge in [0.15, 0.2) is 11.6 Å². The third kappa shape index (κ3) is 4.10. The minimum Gasteiger partial charge on any atom is -0.369 e. The highest BCUT2D eigenvalue weighted by Gasteiger charge is 2.24. The minimum atomic E-state index is -0.478. The van der Waals surface area contributed by atoms with Crippen LogP contribution in [0.4, 0.5) is 10.1 Å². The van der Waals surface area contributed by atoms with Gasteiger partial charge in [0, 0.05) is 53.9 Å². The quantitative estimate of drug-likeness (QED) is 0.192. The third-order valence-corrected chi connectivity index (χ3v) is 6.47. The summed E-state index contributed by atoms with van der Waals surface area (Å²) in [5.41, 5.74) is 1.92. The summed E-state index contributed by atoms with van der Waals surface area (Å²) in [7, 11) is 3.70. The van der Waals surface area contributed by atoms with E-state index in [-0.39, 0.29) is 17.5 Å². The Balaban J connectivity index is 1.68. The van der Waals surface area contributed by atoms with Crippen molar-refractivity contribution >= 4 is 55.5 Å². The highest BCUT2D eigenvalue weighted by molar-refractivity contribution is 9.10. The number of ether oxygens (including phenoxy) is 1. The first-order valence-electron chi connectivity index (χ1n) is 11.1. The third-order valence-electron chi connectivity index (χ3n) is 5.82. The zero-order valence-electron chi connectivity index (χ0n) is 18.8. The summed E-state index contributed by atoms with van der Waals surface area (Å²) in [4.78, 5) is 24.7. The molecule has 1 fully saturated rings. The van der Waals surface area contributed by atoms with Crippen LogP contribution >= 0.6 is 15.9 Å². The lowest BCUT2D eigenvalue weighted by Gasteiger charge is -2.22. The molecule has 1 atom stereocenters. The van der Waals surface area contributed by atoms with Gasteiger partial charge in [-0.25, -0.2) is 14.1 Å². The van der Waals surface area contributed by atoms with Crippen molar-refractivity contribution in [3.8, 4) is 0 Å². The van der Waals surface area contributed by atoms with Gasteiger partial charge in [0.1, 0.15) is 17.4 Å². The van der Waals surface area contributed by atoms with E-state index in [1.165, 1.54) is 12.1 Å². The second-order valence-electron chi connectivity index (χ2n) is 8.48. The SMILES string of the molecule is CN(C)C=Nc1c(C(=O)c2ccc(F)c3nn(C4CCCCO4)cc23)cc(Br)c2cccnc12. The van der Waals surface area contributed by atoms with Gasteiger partial charge >= 0.3 is 0 Å². The molecule has 3 heterocycles. The molecule has 1 aliphatic heterocycles. The first-order chi connectivity index (χ1) is 16.4. The number of hydrogen-bond acceptors (Lipinski definition) is 5. The maximum absolute atomic E-state index is 14.7. The molecule has 34 heavy (non-hydrogen) atoms. The van der Waals surface area contributed by atoms with Crippen LogP contribution in [0.5, 0.6) is 0 Å². The second-order valence-corrected chi connectivity index (χ2v) is 9.33. The van der Waals surface area contributed by atoms with Crippen LogP contribution in [-0.4, -0.2) is 52.5 Å². The van der Waals surface area contributed by atoms with E-state index in [9.17, 15) is 9.18 Å². The van der Waals surface area contributed by atoms with Gasteiger partial charge in [0.25, 0.3) is 0 Å². The average molecular weight is 524 g/mol. The number of carbonyl (C=O) groups excluding carboxylic acids is 1. The van der Waals surface area contributed by atoms with Crippen molar-refractivity contribution in [2.45, 2.75) is 25.5 Å². The van der Waals surface area contributed by atoms with Crippen molar-refractivity contribution in [3.63, 3.8) is 0 Å². The van der Waals surface area contributed by atoms with Crippen molar-refractivity contribution in [3.05, 3.63) is 64.1 Å². The first-order valence-corrected chi connectivity index (χ1v) is 11.8. The maximum Gasteiger partial charge on any atom is 0.196 e. The molecule has 1 saturated heterocycles. The van der Waals surface area contributed by atoms with E-state index in [1.807, 2.05) is 26.2 Å². The van der Waals surface area contributed by atoms with Crippen molar-refractivity contribution in [1.82, 2.24) is 19.7 Å². The van der Waals surface area contributed by atoms with Crippen LogP contribution in [0.15, 0.2) is 52.2 Å². The van der Waals surface area contributed by atoms with E-state index in [2.05, 4.69) is 31.0 Å². The van der Waals surface area contributed by atoms with Crippen molar-refractivity contribution < 1.29 is 13.9 Å². The molecule has 0 N–H and O–H groups in total. The lowest BCUT2D eigenvalue weighted by atomic mass is 9.97. The molecule has 0 spiro atoms. The molecule has 0 saturated carbocycles. The Morgan fingerprint density at radius 3 is 2.85 bits per heavy atom. The molecule has 9 heteroatoms. The fraction of sp³-hybridized carbons (Fsp3) is 0.280. The molecule has 0 amide bonds. The Kier molecular flexibility index (Phi) is 6.14. The van der Waals surface area contributed by atoms with Gasteiger partial charge < -0.3 is 9.64 Å². The number of benzene rings is 2. The predicted octanol–water partition coefficient (Wildman–Crippen LogP) is 5.64. The fourth-order valence-electron chi connectivity index (χ4n) is 4.18. The summed E-state index contributed by atoms with van der Waals surface area (Å²) in [6.07, 6.45) is 7.55. The van der Waals surface area contributed by atoms with Crippen LogP contribution in [0.2, 0.25) is 0 Å². The first kappa shape index (κ1) is 22.6. The molecular weight excluding hydrogens is 501 g/mol. The van der Waals surface area contributed by atoms with Crippen LogP contribution in [0.25, 0.3) is 21.8 Å². The Bertz CT molecular complexity index is 1430. The van der Waals surface area contributed by atoms with E-state index in [0.717, 1.165) is 29.1 Å². The summed E-state index contributed by atoms with van der Waals surface area (Å²) in [6, 6.07) is 8.28. The summed E-state index contributed by atoms with van der Waals surface area (Å²) in [6.45, 7) is 0.639. The van der Waals surface area contributed by atoms with Gasteiger partial charge in [0.05, 0.1) is 17.4 Å². The number of carbonyl (C=O) groups is 1. The van der Waals surface area contributed by atoms with Crippen LogP contribution in [0, 0.1) is 5.82 Å². The second kappa shape index (κ2) is 9.23. The summed E-state index contributed by atoms with van der Waals surface area (Å²) in [5, 5.41) is 5.72. The molecule has 0 aliphatic carbocycles. The van der Waals surface area contributed by atoms with Crippen LogP contribution in [0.3, 0.4) is 0 Å². The standard InChI is InChI=1S/C25H23BrFN5O2/c1-31(2)14-29-24-17(12-19(26)16-6-5-10-28-23(16)24)25(33)15-8-9-20(27)22-18(15)13-32(30-22)21-7-3-4-11-34-21/h5-6,8-10,12-14,21H,3-4,7,11H2,1-2H3. The molecule has 1 unspecified atom stereocenters. The molecule has 5 rings (SSSR count). The number of ketones is 1. The number of hydrogen-bond donors (Lipinski definition) is 0. The highest BCUT2D eigenvalue weighted by atomic mass is 79.9. The smallest absolute Gasteiger partial charge is 0.196 e. The van der Waals surface area contributed by atoms with Gasteiger partial charge in [-0.2, -0.15) is 5.10 Å². The highest BCUT2D eigenvalue weighted by Crippen LogP contribution is 2.37. The van der Waals surface area contributed by atoms with Crippen molar-refractivity contribution in [1.29, 1.82) is 0 Å². The van der Waals surface area contributed by atoms with Gasteiger partial charge in [-0.1, -0.05) is 22.0 Å². The van der Waals surface area contributed by atoms with Gasteiger partial charge in [-0.15, -0.1) is 0 Å². The molecule has 174 valence electrons. The minimum absolute atomic E-state index is 0.149. The number of fused-ring (bicyclic) bond motifs is 2. The average Bonchev–Trinajstić information content (AvgIpc) is 3.30. The molecular formula is C25H23BrFN5O2. The van der Waals surface area contributed by atoms with Gasteiger partial charge in [0.2, 0.25) is 0 Å². The molecule has 2 aromatic heterocycles. The lowest BCUT2D eigenvalue weighted by molar-refractivity contribution is -0.0391. The molecule has 0 radical (unpaired) electrons. The van der Waals surface area contributed by atoms with E-state index in [1.54, 1.807) is 34.4 Å². The van der Waals surface area contributed by atoms with Gasteiger partial charge in [-0.3, -0.25) is 9.78 Å². The molecule has 1 aliphatic rings. The number of halogens is 2. The Morgan fingerprint density at radius 1 is 1.24 bits per heavy atom. The van der Waals surface area contributed by atoms with E-state index >= 15 is 0 Å². The zero-order chi connectivity index (χ0) is 23.8. The number of aromatic nitrogens is 3.